The van der Waals surface area contributed by atoms with Gasteiger partial charge >= 0.3 is 0 Å². The zero-order valence-electron chi connectivity index (χ0n) is 17.0. The number of nitrogens with zero attached hydrogens (tertiary/aromatic N) is 1. The molecule has 1 heterocycles. The van der Waals surface area contributed by atoms with Crippen LogP contribution in [0.5, 0.6) is 0 Å². The fourth-order valence-electron chi connectivity index (χ4n) is 4.07. The number of halogens is 1. The van der Waals surface area contributed by atoms with Crippen molar-refractivity contribution in [3.05, 3.63) is 75.8 Å². The van der Waals surface area contributed by atoms with Gasteiger partial charge in [-0.1, -0.05) is 57.2 Å². The summed E-state index contributed by atoms with van der Waals surface area (Å²) in [5, 5.41) is 9.56. The van der Waals surface area contributed by atoms with Gasteiger partial charge < -0.3 is 5.32 Å². The first-order valence-corrected chi connectivity index (χ1v) is 10.00. The molecule has 5 nitrogen and oxygen atoms in total. The van der Waals surface area contributed by atoms with Crippen molar-refractivity contribution in [2.45, 2.75) is 46.1 Å². The summed E-state index contributed by atoms with van der Waals surface area (Å²) in [6, 6.07) is 13.6. The van der Waals surface area contributed by atoms with Gasteiger partial charge in [0.15, 0.2) is 5.69 Å². The number of para-hydroxylation sites is 1. The first-order chi connectivity index (χ1) is 14.0. The molecule has 1 aromatic heterocycles. The molecule has 0 aliphatic carbocycles. The van der Waals surface area contributed by atoms with Gasteiger partial charge in [-0.25, -0.2) is 4.39 Å². The fourth-order valence-corrected chi connectivity index (χ4v) is 4.07. The second kappa shape index (κ2) is 8.55. The van der Waals surface area contributed by atoms with Crippen LogP contribution in [0.15, 0.2) is 53.3 Å². The zero-order chi connectivity index (χ0) is 21.0. The summed E-state index contributed by atoms with van der Waals surface area (Å²) in [4.78, 5) is 25.9. The van der Waals surface area contributed by atoms with Crippen LogP contribution in [0.1, 0.15) is 62.1 Å². The van der Waals surface area contributed by atoms with E-state index in [4.69, 9.17) is 0 Å². The van der Waals surface area contributed by atoms with Crippen molar-refractivity contribution in [3.8, 4) is 0 Å². The van der Waals surface area contributed by atoms with Gasteiger partial charge in [0, 0.05) is 0 Å². The van der Waals surface area contributed by atoms with E-state index in [1.165, 1.54) is 18.2 Å². The third kappa shape index (κ3) is 3.79. The SMILES string of the molecule is CCC(CC)(CC)C(NC(=O)c1n[nH]c2c(F)cccc2c1=O)c1ccccc1. The van der Waals surface area contributed by atoms with Crippen molar-refractivity contribution in [2.24, 2.45) is 5.41 Å². The van der Waals surface area contributed by atoms with Crippen LogP contribution in [0.4, 0.5) is 4.39 Å². The molecular formula is C23H26FN3O2. The van der Waals surface area contributed by atoms with Crippen molar-refractivity contribution in [1.82, 2.24) is 15.5 Å². The summed E-state index contributed by atoms with van der Waals surface area (Å²) >= 11 is 0. The van der Waals surface area contributed by atoms with Gasteiger partial charge in [-0.2, -0.15) is 5.10 Å². The van der Waals surface area contributed by atoms with Crippen LogP contribution in [0.2, 0.25) is 0 Å². The Labute approximate surface area is 169 Å². The van der Waals surface area contributed by atoms with Crippen LogP contribution in [-0.4, -0.2) is 16.1 Å². The molecule has 0 aliphatic rings. The number of hydrogen-bond donors (Lipinski definition) is 2. The van der Waals surface area contributed by atoms with Crippen molar-refractivity contribution in [3.63, 3.8) is 0 Å². The Kier molecular flexibility index (Phi) is 6.11. The number of rotatable bonds is 7. The molecule has 0 radical (unpaired) electrons. The second-order valence-electron chi connectivity index (χ2n) is 7.30. The first kappa shape index (κ1) is 20.7. The molecule has 2 aromatic carbocycles. The van der Waals surface area contributed by atoms with E-state index in [1.54, 1.807) is 0 Å². The lowest BCUT2D eigenvalue weighted by molar-refractivity contribution is 0.0845. The normalized spacial score (nSPS) is 12.7. The molecule has 1 atom stereocenters. The lowest BCUT2D eigenvalue weighted by atomic mass is 9.71. The predicted molar refractivity (Wildman–Crippen MR) is 112 cm³/mol. The maximum atomic E-state index is 13.9. The monoisotopic (exact) mass is 395 g/mol. The van der Waals surface area contributed by atoms with Crippen molar-refractivity contribution < 1.29 is 9.18 Å². The number of aromatic amines is 1. The quantitative estimate of drug-likeness (QED) is 0.606. The molecule has 3 aromatic rings. The van der Waals surface area contributed by atoms with Gasteiger partial charge in [-0.15, -0.1) is 0 Å². The molecular weight excluding hydrogens is 369 g/mol. The summed E-state index contributed by atoms with van der Waals surface area (Å²) in [6.07, 6.45) is 2.60. The third-order valence-electron chi connectivity index (χ3n) is 6.10. The molecule has 2 N–H and O–H groups in total. The van der Waals surface area contributed by atoms with E-state index in [0.717, 1.165) is 24.8 Å². The molecule has 0 fully saturated rings. The number of H-pyrrole nitrogens is 1. The average Bonchev–Trinajstić information content (AvgIpc) is 2.76. The van der Waals surface area contributed by atoms with Crippen LogP contribution < -0.4 is 10.7 Å². The number of benzene rings is 2. The Morgan fingerprint density at radius 1 is 1.07 bits per heavy atom. The fraction of sp³-hybridized carbons (Fsp3) is 0.348. The highest BCUT2D eigenvalue weighted by atomic mass is 19.1. The minimum absolute atomic E-state index is 0.00122. The average molecular weight is 395 g/mol. The van der Waals surface area contributed by atoms with Crippen LogP contribution >= 0.6 is 0 Å². The van der Waals surface area contributed by atoms with Gasteiger partial charge in [-0.05, 0) is 42.4 Å². The minimum atomic E-state index is -0.586. The number of amides is 1. The smallest absolute Gasteiger partial charge is 0.276 e. The summed E-state index contributed by atoms with van der Waals surface area (Å²) in [7, 11) is 0. The summed E-state index contributed by atoms with van der Waals surface area (Å²) in [6.45, 7) is 6.33. The first-order valence-electron chi connectivity index (χ1n) is 10.00. The highest BCUT2D eigenvalue weighted by Gasteiger charge is 2.37. The van der Waals surface area contributed by atoms with E-state index in [2.05, 4.69) is 36.3 Å². The van der Waals surface area contributed by atoms with Crippen molar-refractivity contribution in [1.29, 1.82) is 0 Å². The maximum absolute atomic E-state index is 13.9. The summed E-state index contributed by atoms with van der Waals surface area (Å²) in [5.74, 6) is -1.14. The van der Waals surface area contributed by atoms with E-state index < -0.39 is 17.2 Å². The standard InChI is InChI=1S/C23H26FN3O2/c1-4-23(5-2,6-3)21(15-11-8-7-9-12-15)25-22(29)19-20(28)16-13-10-14-17(24)18(16)26-27-19/h7-14,21H,4-6H2,1-3H3,(H,25,29)(H,26,28). The number of fused-ring (bicyclic) bond motifs is 1. The number of nitrogens with one attached hydrogen (secondary N) is 2. The molecule has 29 heavy (non-hydrogen) atoms. The highest BCUT2D eigenvalue weighted by molar-refractivity contribution is 5.95. The second-order valence-corrected chi connectivity index (χ2v) is 7.30. The molecule has 0 bridgehead atoms. The Hall–Kier alpha value is -3.02. The van der Waals surface area contributed by atoms with E-state index >= 15 is 0 Å². The largest absolute Gasteiger partial charge is 0.343 e. The molecule has 1 amide bonds. The van der Waals surface area contributed by atoms with Gasteiger partial charge in [0.1, 0.15) is 11.3 Å². The minimum Gasteiger partial charge on any atom is -0.343 e. The zero-order valence-corrected chi connectivity index (χ0v) is 17.0. The van der Waals surface area contributed by atoms with E-state index in [-0.39, 0.29) is 28.1 Å². The molecule has 0 saturated heterocycles. The third-order valence-corrected chi connectivity index (χ3v) is 6.10. The van der Waals surface area contributed by atoms with E-state index in [1.807, 2.05) is 30.3 Å². The molecule has 152 valence electrons. The van der Waals surface area contributed by atoms with Gasteiger partial charge in [-0.3, -0.25) is 14.7 Å². The van der Waals surface area contributed by atoms with Gasteiger partial charge in [0.05, 0.1) is 11.4 Å². The predicted octanol–water partition coefficient (Wildman–Crippen LogP) is 4.75. The highest BCUT2D eigenvalue weighted by Crippen LogP contribution is 2.43. The van der Waals surface area contributed by atoms with Gasteiger partial charge in [0.25, 0.3) is 5.91 Å². The topological polar surface area (TPSA) is 74.8 Å². The summed E-state index contributed by atoms with van der Waals surface area (Å²) in [5.41, 5.74) is -0.0283. The molecule has 0 spiro atoms. The molecule has 3 rings (SSSR count). The van der Waals surface area contributed by atoms with Crippen LogP contribution in [0.3, 0.4) is 0 Å². The lowest BCUT2D eigenvalue weighted by Gasteiger charge is -2.39. The Balaban J connectivity index is 2.05. The number of carbonyl (C=O) groups is 1. The Morgan fingerprint density at radius 3 is 2.34 bits per heavy atom. The lowest BCUT2D eigenvalue weighted by Crippen LogP contribution is -2.42. The van der Waals surface area contributed by atoms with Crippen LogP contribution in [0.25, 0.3) is 10.9 Å². The molecule has 1 unspecified atom stereocenters. The maximum Gasteiger partial charge on any atom is 0.276 e. The number of carbonyl (C=O) groups excluding carboxylic acids is 1. The Morgan fingerprint density at radius 2 is 1.72 bits per heavy atom. The van der Waals surface area contributed by atoms with Gasteiger partial charge in [0.2, 0.25) is 5.43 Å². The summed E-state index contributed by atoms with van der Waals surface area (Å²) < 4.78 is 13.9. The van der Waals surface area contributed by atoms with E-state index in [0.29, 0.717) is 0 Å². The van der Waals surface area contributed by atoms with Crippen molar-refractivity contribution in [2.75, 3.05) is 0 Å². The molecule has 0 aliphatic heterocycles. The molecule has 6 heteroatoms. The number of aromatic nitrogens is 2. The number of hydrogen-bond acceptors (Lipinski definition) is 3. The molecule has 0 saturated carbocycles. The van der Waals surface area contributed by atoms with Crippen molar-refractivity contribution >= 4 is 16.8 Å². The van der Waals surface area contributed by atoms with Crippen LogP contribution in [0, 0.1) is 11.2 Å². The Bertz CT molecular complexity index is 1050. The van der Waals surface area contributed by atoms with E-state index in [9.17, 15) is 14.0 Å². The van der Waals surface area contributed by atoms with Crippen LogP contribution in [-0.2, 0) is 0 Å².